The van der Waals surface area contributed by atoms with Crippen molar-refractivity contribution in [2.45, 2.75) is 90.9 Å². The van der Waals surface area contributed by atoms with Crippen molar-refractivity contribution < 1.29 is 25.8 Å². The van der Waals surface area contributed by atoms with Gasteiger partial charge in [-0.25, -0.2) is 4.98 Å². The molecular weight excluding hydrogens is 1080 g/mol. The summed E-state index contributed by atoms with van der Waals surface area (Å²) >= 11 is 0. The number of aromatic nitrogens is 2. The molecule has 8 aromatic carbocycles. The third-order valence-electron chi connectivity index (χ3n) is 15.0. The van der Waals surface area contributed by atoms with E-state index in [0.717, 1.165) is 55.9 Å². The topological polar surface area (TPSA) is 33.5 Å². The van der Waals surface area contributed by atoms with Crippen molar-refractivity contribution in [3.63, 3.8) is 0 Å². The number of pyridine rings is 1. The second-order valence-corrected chi connectivity index (χ2v) is 22.7. The summed E-state index contributed by atoms with van der Waals surface area (Å²) < 4.78 is 9.23. The number of rotatable bonds is 10. The van der Waals surface area contributed by atoms with Crippen molar-refractivity contribution in [2.75, 3.05) is 9.80 Å². The fraction of sp³-hybridized carbons (Fsp3) is 0.206. The zero-order valence-corrected chi connectivity index (χ0v) is 46.3. The minimum Gasteiger partial charge on any atom is -0.509 e. The smallest absolute Gasteiger partial charge is 0.135 e. The summed E-state index contributed by atoms with van der Waals surface area (Å²) in [4.78, 5) is 9.57. The van der Waals surface area contributed by atoms with Crippen LogP contribution in [0.3, 0.4) is 0 Å². The van der Waals surface area contributed by atoms with Gasteiger partial charge < -0.3 is 19.1 Å². The number of hydrogen-bond acceptors (Lipinski definition) is 4. The molecule has 0 radical (unpaired) electrons. The molecule has 0 N–H and O–H groups in total. The van der Waals surface area contributed by atoms with Crippen molar-refractivity contribution in [1.82, 2.24) is 9.55 Å². The van der Waals surface area contributed by atoms with Crippen LogP contribution in [-0.4, -0.2) is 9.55 Å². The Morgan fingerprint density at radius 1 is 0.446 bits per heavy atom. The van der Waals surface area contributed by atoms with Gasteiger partial charge in [0, 0.05) is 72.2 Å². The normalized spacial score (nSPS) is 13.1. The molecule has 74 heavy (non-hydrogen) atoms. The number of hydrogen-bond donors (Lipinski definition) is 0. The Bertz CT molecular complexity index is 3660. The monoisotopic (exact) mass is 1150 g/mol. The Morgan fingerprint density at radius 2 is 1.05 bits per heavy atom. The van der Waals surface area contributed by atoms with E-state index in [1.54, 1.807) is 0 Å². The van der Waals surface area contributed by atoms with Gasteiger partial charge in [0.2, 0.25) is 0 Å². The molecule has 0 bridgehead atoms. The van der Waals surface area contributed by atoms with Gasteiger partial charge in [0.1, 0.15) is 5.82 Å². The molecule has 6 heteroatoms. The van der Waals surface area contributed by atoms with Gasteiger partial charge in [-0.05, 0) is 97.6 Å². The molecule has 1 aliphatic rings. The van der Waals surface area contributed by atoms with Crippen LogP contribution in [0.5, 0.6) is 11.5 Å². The zero-order valence-electron chi connectivity index (χ0n) is 44.1. The minimum absolute atomic E-state index is 0. The number of ether oxygens (including phenoxy) is 1. The first-order valence-electron chi connectivity index (χ1n) is 25.5. The standard InChI is InChI=1S/C68H63N4O.Pt/c1-65(2,3)50-34-35-69-64(42-50)72-60-33-30-51(67(7,8)48-24-16-12-17-25-48)41-59(60)58-32-31-56(44-63(58)72)73-57-40-52(66(4,5)6)38-55(43-57)71-45-70(61-28-20-21-29-62(61)71)54-37-47(46-22-14-11-15-23-46)36-53(39-54)68(9,10)49-26-18-13-19-27-49;/h11-42,45H,1-10H3;/q-3;. The van der Waals surface area contributed by atoms with E-state index in [0.29, 0.717) is 11.5 Å². The van der Waals surface area contributed by atoms with Gasteiger partial charge in [-0.2, -0.15) is 6.07 Å². The molecule has 10 aromatic rings. The van der Waals surface area contributed by atoms with Crippen LogP contribution in [-0.2, 0) is 42.7 Å². The van der Waals surface area contributed by atoms with E-state index in [2.05, 4.69) is 284 Å². The first kappa shape index (κ1) is 50.3. The van der Waals surface area contributed by atoms with Crippen LogP contribution in [0.25, 0.3) is 38.8 Å². The predicted molar refractivity (Wildman–Crippen MR) is 304 cm³/mol. The van der Waals surface area contributed by atoms with Gasteiger partial charge in [0.05, 0.1) is 0 Å². The fourth-order valence-corrected chi connectivity index (χ4v) is 10.3. The first-order chi connectivity index (χ1) is 34.9. The van der Waals surface area contributed by atoms with E-state index in [-0.39, 0.29) is 42.7 Å². The largest absolute Gasteiger partial charge is 0.509 e. The molecule has 0 saturated heterocycles. The van der Waals surface area contributed by atoms with Gasteiger partial charge >= 0.3 is 0 Å². The molecule has 0 saturated carbocycles. The fourth-order valence-electron chi connectivity index (χ4n) is 10.3. The van der Waals surface area contributed by atoms with Crippen molar-refractivity contribution >= 4 is 44.6 Å². The summed E-state index contributed by atoms with van der Waals surface area (Å²) in [6.07, 6.45) is 1.92. The van der Waals surface area contributed by atoms with Crippen molar-refractivity contribution in [3.8, 4) is 28.4 Å². The second kappa shape index (κ2) is 19.3. The number of nitrogens with zero attached hydrogens (tertiary/aromatic N) is 4. The average Bonchev–Trinajstić information content (AvgIpc) is 3.94. The molecule has 2 aromatic heterocycles. The van der Waals surface area contributed by atoms with Crippen LogP contribution < -0.4 is 14.5 Å². The van der Waals surface area contributed by atoms with Crippen molar-refractivity contribution in [2.24, 2.45) is 0 Å². The van der Waals surface area contributed by atoms with Crippen molar-refractivity contribution in [3.05, 3.63) is 246 Å². The molecule has 374 valence electrons. The van der Waals surface area contributed by atoms with Crippen molar-refractivity contribution in [1.29, 1.82) is 0 Å². The first-order valence-corrected chi connectivity index (χ1v) is 25.5. The maximum Gasteiger partial charge on any atom is 0.135 e. The van der Waals surface area contributed by atoms with E-state index in [4.69, 9.17) is 9.72 Å². The molecule has 11 rings (SSSR count). The SMILES string of the molecule is CC(C)(C)c1cc(Oc2[c-]c3c(cc2)c2cc(C(C)(C)c4ccccc4)ccc2n3-c2cc(C(C)(C)C)ccn2)[c-]c(N2[CH-]N(c3cc(-c4ccccc4)cc(C(C)(C)c4ccccc4)c3)c3ccccc32)c1.[Pt]. The third-order valence-corrected chi connectivity index (χ3v) is 15.0. The molecule has 3 heterocycles. The summed E-state index contributed by atoms with van der Waals surface area (Å²) in [6, 6.07) is 75.2. The molecule has 0 aliphatic carbocycles. The summed E-state index contributed by atoms with van der Waals surface area (Å²) in [5.74, 6) is 2.06. The van der Waals surface area contributed by atoms with Gasteiger partial charge in [-0.15, -0.1) is 53.6 Å². The molecule has 0 amide bonds. The van der Waals surface area contributed by atoms with Crippen LogP contribution in [0.15, 0.2) is 194 Å². The summed E-state index contributed by atoms with van der Waals surface area (Å²) in [6.45, 7) is 24.9. The van der Waals surface area contributed by atoms with E-state index in [1.165, 1.54) is 38.9 Å². The number of para-hydroxylation sites is 2. The predicted octanol–water partition coefficient (Wildman–Crippen LogP) is 17.9. The van der Waals surface area contributed by atoms with Crippen LogP contribution in [0.1, 0.15) is 103 Å². The number of fused-ring (bicyclic) bond motifs is 4. The summed E-state index contributed by atoms with van der Waals surface area (Å²) in [5.41, 5.74) is 15.0. The molecular formula is C68H63N4OPt-3. The van der Waals surface area contributed by atoms with Crippen LogP contribution in [0.4, 0.5) is 22.7 Å². The van der Waals surface area contributed by atoms with E-state index < -0.39 is 0 Å². The van der Waals surface area contributed by atoms with E-state index in [1.807, 2.05) is 12.3 Å². The maximum absolute atomic E-state index is 6.98. The van der Waals surface area contributed by atoms with Gasteiger partial charge in [-0.1, -0.05) is 196 Å². The average molecular weight is 1150 g/mol. The minimum atomic E-state index is -0.260. The summed E-state index contributed by atoms with van der Waals surface area (Å²) in [5, 5.41) is 2.22. The summed E-state index contributed by atoms with van der Waals surface area (Å²) in [7, 11) is 0. The molecule has 0 unspecified atom stereocenters. The van der Waals surface area contributed by atoms with Gasteiger partial charge in [0.15, 0.2) is 0 Å². The molecule has 0 spiro atoms. The molecule has 1 aliphatic heterocycles. The molecule has 0 atom stereocenters. The van der Waals surface area contributed by atoms with Crippen LogP contribution in [0, 0.1) is 18.8 Å². The Labute approximate surface area is 452 Å². The maximum atomic E-state index is 6.98. The van der Waals surface area contributed by atoms with E-state index in [9.17, 15) is 0 Å². The molecule has 5 nitrogen and oxygen atoms in total. The van der Waals surface area contributed by atoms with Crippen LogP contribution >= 0.6 is 0 Å². The van der Waals surface area contributed by atoms with Crippen LogP contribution in [0.2, 0.25) is 0 Å². The Balaban J connectivity index is 0.00000626. The third kappa shape index (κ3) is 9.37. The van der Waals surface area contributed by atoms with E-state index >= 15 is 0 Å². The quantitative estimate of drug-likeness (QED) is 0.128. The van der Waals surface area contributed by atoms with Gasteiger partial charge in [0.25, 0.3) is 0 Å². The van der Waals surface area contributed by atoms with Gasteiger partial charge in [-0.3, -0.25) is 0 Å². The second-order valence-electron chi connectivity index (χ2n) is 22.7. The number of anilines is 4. The Hall–Kier alpha value is -7.20. The Kier molecular flexibility index (Phi) is 13.1. The Morgan fingerprint density at radius 3 is 1.70 bits per heavy atom. The molecule has 0 fully saturated rings. The number of benzene rings is 8. The zero-order chi connectivity index (χ0) is 50.9.